The molecule has 0 aliphatic carbocycles. The first-order valence-corrected chi connectivity index (χ1v) is 19.6. The summed E-state index contributed by atoms with van der Waals surface area (Å²) in [5.74, 6) is 1.78. The van der Waals surface area contributed by atoms with Crippen LogP contribution in [0.25, 0.3) is 21.9 Å². The zero-order chi connectivity index (χ0) is 34.9. The van der Waals surface area contributed by atoms with Crippen LogP contribution >= 0.6 is 0 Å². The lowest BCUT2D eigenvalue weighted by Crippen LogP contribution is -2.62. The van der Waals surface area contributed by atoms with Crippen LogP contribution in [0.1, 0.15) is 22.3 Å². The zero-order valence-corrected chi connectivity index (χ0v) is 29.7. The molecule has 2 aliphatic heterocycles. The summed E-state index contributed by atoms with van der Waals surface area (Å²) in [6.45, 7) is 0. The normalized spacial score (nSPS) is 13.9. The summed E-state index contributed by atoms with van der Waals surface area (Å²) >= 11 is 0. The van der Waals surface area contributed by atoms with E-state index in [1.807, 2.05) is 6.07 Å². The third-order valence-corrected chi connectivity index (χ3v) is 13.9. The minimum atomic E-state index is -1.41. The molecule has 0 unspecified atom stereocenters. The number of nitrogens with zero attached hydrogens (tertiary/aromatic N) is 1. The van der Waals surface area contributed by atoms with Gasteiger partial charge in [-0.15, -0.1) is 0 Å². The molecule has 3 nitrogen and oxygen atoms in total. The van der Waals surface area contributed by atoms with Crippen LogP contribution in [0.15, 0.2) is 199 Å². The first-order chi connectivity index (χ1) is 26.3. The van der Waals surface area contributed by atoms with Crippen LogP contribution in [0.4, 0.5) is 17.1 Å². The van der Waals surface area contributed by atoms with E-state index in [0.717, 1.165) is 61.6 Å². The van der Waals surface area contributed by atoms with Crippen LogP contribution in [0.5, 0.6) is 11.5 Å². The van der Waals surface area contributed by atoms with E-state index in [9.17, 15) is 0 Å². The lowest BCUT2D eigenvalue weighted by molar-refractivity contribution is 0.435. The highest BCUT2D eigenvalue weighted by molar-refractivity contribution is 6.96. The zero-order valence-electron chi connectivity index (χ0n) is 28.7. The van der Waals surface area contributed by atoms with E-state index >= 15 is 0 Å². The molecule has 8 aromatic carbocycles. The van der Waals surface area contributed by atoms with Gasteiger partial charge in [-0.1, -0.05) is 145 Å². The second-order valence-corrected chi connectivity index (χ2v) is 16.2. The SMILES string of the molecule is c1ccc(N(c2ccc3c(c2)C2(c4ccccc4Oc4ccccc42)c2ccccc2[Si]3c2ccccc2)c2cccc3oc4ccccc4c23)cc1. The number of fused-ring (bicyclic) bond motifs is 11. The smallest absolute Gasteiger partial charge is 0.155 e. The summed E-state index contributed by atoms with van der Waals surface area (Å²) in [7, 11) is -1.41. The number of hydrogen-bond acceptors (Lipinski definition) is 3. The Balaban J connectivity index is 1.27. The summed E-state index contributed by atoms with van der Waals surface area (Å²) in [5.41, 5.74) is 9.31. The van der Waals surface area contributed by atoms with Crippen molar-refractivity contribution in [2.24, 2.45) is 0 Å². The molecule has 11 rings (SSSR count). The largest absolute Gasteiger partial charge is 0.457 e. The first kappa shape index (κ1) is 30.0. The highest BCUT2D eigenvalue weighted by Gasteiger charge is 2.51. The van der Waals surface area contributed by atoms with E-state index in [0.29, 0.717) is 0 Å². The van der Waals surface area contributed by atoms with E-state index in [4.69, 9.17) is 9.15 Å². The van der Waals surface area contributed by atoms with E-state index < -0.39 is 14.2 Å². The molecular weight excluding hydrogens is 663 g/mol. The van der Waals surface area contributed by atoms with Crippen molar-refractivity contribution in [3.05, 3.63) is 216 Å². The van der Waals surface area contributed by atoms with Crippen molar-refractivity contribution >= 4 is 63.4 Å². The van der Waals surface area contributed by atoms with Crippen molar-refractivity contribution < 1.29 is 9.15 Å². The lowest BCUT2D eigenvalue weighted by Gasteiger charge is -2.47. The predicted octanol–water partition coefficient (Wildman–Crippen LogP) is 10.4. The van der Waals surface area contributed by atoms with Gasteiger partial charge in [-0.25, -0.2) is 0 Å². The molecule has 1 aromatic heterocycles. The fourth-order valence-electron chi connectivity index (χ4n) is 8.96. The third kappa shape index (κ3) is 4.33. The van der Waals surface area contributed by atoms with Crippen LogP contribution in [-0.2, 0) is 5.41 Å². The quantitative estimate of drug-likeness (QED) is 0.172. The Morgan fingerprint density at radius 2 is 1.04 bits per heavy atom. The summed E-state index contributed by atoms with van der Waals surface area (Å²) in [5, 5.41) is 6.36. The Morgan fingerprint density at radius 3 is 1.81 bits per heavy atom. The van der Waals surface area contributed by atoms with Crippen LogP contribution in [0.3, 0.4) is 0 Å². The molecule has 4 heteroatoms. The number of ether oxygens (including phenoxy) is 1. The van der Waals surface area contributed by atoms with Gasteiger partial charge in [-0.05, 0) is 76.1 Å². The molecule has 9 aromatic rings. The van der Waals surface area contributed by atoms with Gasteiger partial charge in [0.1, 0.15) is 22.7 Å². The maximum atomic E-state index is 6.73. The molecular formula is C49H32NO2Si. The molecule has 1 spiro atoms. The average molecular weight is 695 g/mol. The standard InChI is InChI=1S/C49H32NO2Si/c1-3-16-33(17-4-1)50(41-24-15-28-45-48(41)36-20-7-11-25-42(36)51-45)34-30-31-47-40(32-34)49(37-21-8-12-26-43(37)52-44-27-13-9-22-38(44)49)39-23-10-14-29-46(39)53(47)35-18-5-2-6-19-35/h1-32H. The average Bonchev–Trinajstić information content (AvgIpc) is 3.61. The molecule has 3 heterocycles. The van der Waals surface area contributed by atoms with Crippen LogP contribution in [-0.4, -0.2) is 8.80 Å². The van der Waals surface area contributed by atoms with E-state index in [1.165, 1.54) is 26.7 Å². The fraction of sp³-hybridized carbons (Fsp3) is 0.0204. The van der Waals surface area contributed by atoms with Gasteiger partial charge < -0.3 is 14.1 Å². The summed E-state index contributed by atoms with van der Waals surface area (Å²) in [6.07, 6.45) is 0. The van der Waals surface area contributed by atoms with Gasteiger partial charge in [0.25, 0.3) is 0 Å². The highest BCUT2D eigenvalue weighted by atomic mass is 28.3. The van der Waals surface area contributed by atoms with Gasteiger partial charge in [0.15, 0.2) is 8.80 Å². The summed E-state index contributed by atoms with van der Waals surface area (Å²) in [6, 6.07) is 70.2. The van der Waals surface area contributed by atoms with Crippen molar-refractivity contribution in [1.29, 1.82) is 0 Å². The lowest BCUT2D eigenvalue weighted by atomic mass is 9.63. The molecule has 2 aliphatic rings. The minimum absolute atomic E-state index is 0.618. The van der Waals surface area contributed by atoms with E-state index in [1.54, 1.807) is 0 Å². The topological polar surface area (TPSA) is 25.6 Å². The van der Waals surface area contributed by atoms with Crippen LogP contribution < -0.4 is 25.2 Å². The number of para-hydroxylation sites is 4. The van der Waals surface area contributed by atoms with Crippen LogP contribution in [0.2, 0.25) is 0 Å². The number of benzene rings is 8. The molecule has 0 saturated heterocycles. The molecule has 53 heavy (non-hydrogen) atoms. The van der Waals surface area contributed by atoms with Gasteiger partial charge in [-0.3, -0.25) is 0 Å². The van der Waals surface area contributed by atoms with Crippen molar-refractivity contribution in [1.82, 2.24) is 0 Å². The molecule has 0 N–H and O–H groups in total. The third-order valence-electron chi connectivity index (χ3n) is 11.0. The minimum Gasteiger partial charge on any atom is -0.457 e. The first-order valence-electron chi connectivity index (χ1n) is 18.1. The van der Waals surface area contributed by atoms with Gasteiger partial charge >= 0.3 is 0 Å². The predicted molar refractivity (Wildman–Crippen MR) is 218 cm³/mol. The molecule has 0 atom stereocenters. The Hall–Kier alpha value is -6.62. The van der Waals surface area contributed by atoms with Gasteiger partial charge in [0.05, 0.1) is 16.5 Å². The van der Waals surface area contributed by atoms with Crippen LogP contribution in [0, 0.1) is 0 Å². The molecule has 0 fully saturated rings. The van der Waals surface area contributed by atoms with Gasteiger partial charge in [0.2, 0.25) is 0 Å². The fourth-order valence-corrected chi connectivity index (χ4v) is 12.0. The van der Waals surface area contributed by atoms with Crippen molar-refractivity contribution in [3.8, 4) is 11.5 Å². The van der Waals surface area contributed by atoms with Crippen molar-refractivity contribution in [2.75, 3.05) is 4.90 Å². The maximum absolute atomic E-state index is 6.73. The van der Waals surface area contributed by atoms with E-state index in [-0.39, 0.29) is 0 Å². The summed E-state index contributed by atoms with van der Waals surface area (Å²) in [4.78, 5) is 2.41. The monoisotopic (exact) mass is 694 g/mol. The second-order valence-electron chi connectivity index (χ2n) is 13.8. The molecule has 0 saturated carbocycles. The van der Waals surface area contributed by atoms with Gasteiger partial charge in [-0.2, -0.15) is 0 Å². The van der Waals surface area contributed by atoms with Crippen molar-refractivity contribution in [2.45, 2.75) is 5.41 Å². The Labute approximate surface area is 309 Å². The van der Waals surface area contributed by atoms with Gasteiger partial charge in [0, 0.05) is 27.9 Å². The molecule has 1 radical (unpaired) electrons. The molecule has 0 amide bonds. The molecule has 0 bridgehead atoms. The Bertz CT molecular complexity index is 2800. The highest BCUT2D eigenvalue weighted by Crippen LogP contribution is 2.56. The summed E-state index contributed by atoms with van der Waals surface area (Å²) < 4.78 is 13.2. The Kier molecular flexibility index (Phi) is 6.64. The molecule has 249 valence electrons. The Morgan fingerprint density at radius 1 is 0.434 bits per heavy atom. The van der Waals surface area contributed by atoms with E-state index in [2.05, 4.69) is 193 Å². The number of rotatable bonds is 4. The number of furan rings is 1. The van der Waals surface area contributed by atoms with Crippen molar-refractivity contribution in [3.63, 3.8) is 0 Å². The second kappa shape index (κ2) is 11.7. The number of anilines is 3. The maximum Gasteiger partial charge on any atom is 0.155 e. The number of hydrogen-bond donors (Lipinski definition) is 0.